The summed E-state index contributed by atoms with van der Waals surface area (Å²) in [6, 6.07) is 4.97. The van der Waals surface area contributed by atoms with Crippen LogP contribution in [0.2, 0.25) is 0 Å². The van der Waals surface area contributed by atoms with E-state index in [2.05, 4.69) is 15.9 Å². The number of alkyl halides is 1. The standard InChI is InChI=1S/C10H9BrClNO2/c1-7(6-12)4-8-2-3-9(11)10(5-8)13(14)15/h2-5H,6H2,1H3. The Hall–Kier alpha value is -0.870. The minimum Gasteiger partial charge on any atom is -0.258 e. The van der Waals surface area contributed by atoms with Crippen LogP contribution in [0.5, 0.6) is 0 Å². The van der Waals surface area contributed by atoms with Crippen LogP contribution in [0.4, 0.5) is 5.69 Å². The number of allylic oxidation sites excluding steroid dienone is 1. The zero-order valence-electron chi connectivity index (χ0n) is 8.04. The molecular formula is C10H9BrClNO2. The largest absolute Gasteiger partial charge is 0.284 e. The number of nitro benzene ring substituents is 1. The highest BCUT2D eigenvalue weighted by Crippen LogP contribution is 2.26. The molecule has 1 aromatic rings. The van der Waals surface area contributed by atoms with Gasteiger partial charge in [-0.2, -0.15) is 0 Å². The Balaban J connectivity index is 3.13. The molecule has 0 spiro atoms. The molecule has 15 heavy (non-hydrogen) atoms. The molecule has 0 heterocycles. The molecule has 5 heteroatoms. The highest BCUT2D eigenvalue weighted by molar-refractivity contribution is 9.10. The maximum atomic E-state index is 10.7. The second-order valence-electron chi connectivity index (χ2n) is 3.09. The topological polar surface area (TPSA) is 43.1 Å². The Kier molecular flexibility index (Phi) is 4.29. The third-order valence-electron chi connectivity index (χ3n) is 1.79. The van der Waals surface area contributed by atoms with E-state index in [4.69, 9.17) is 11.6 Å². The number of nitro groups is 1. The molecule has 0 fully saturated rings. The summed E-state index contributed by atoms with van der Waals surface area (Å²) < 4.78 is 0.480. The molecule has 80 valence electrons. The number of halogens is 2. The first-order valence-electron chi connectivity index (χ1n) is 4.21. The maximum Gasteiger partial charge on any atom is 0.284 e. The van der Waals surface area contributed by atoms with Crippen molar-refractivity contribution in [3.8, 4) is 0 Å². The SMILES string of the molecule is CC(=Cc1ccc(Br)c([N+](=O)[O-])c1)CCl. The fourth-order valence-electron chi connectivity index (χ4n) is 1.08. The molecule has 0 radical (unpaired) electrons. The Labute approximate surface area is 101 Å². The quantitative estimate of drug-likeness (QED) is 0.480. The van der Waals surface area contributed by atoms with Crippen LogP contribution >= 0.6 is 27.5 Å². The second-order valence-corrected chi connectivity index (χ2v) is 4.21. The average molecular weight is 291 g/mol. The van der Waals surface area contributed by atoms with Crippen LogP contribution in [-0.4, -0.2) is 10.8 Å². The van der Waals surface area contributed by atoms with Gasteiger partial charge >= 0.3 is 0 Å². The third kappa shape index (κ3) is 3.32. The molecule has 0 atom stereocenters. The van der Waals surface area contributed by atoms with E-state index < -0.39 is 4.92 Å². The van der Waals surface area contributed by atoms with Gasteiger partial charge in [-0.1, -0.05) is 17.7 Å². The summed E-state index contributed by atoms with van der Waals surface area (Å²) in [7, 11) is 0. The molecule has 0 saturated carbocycles. The zero-order valence-corrected chi connectivity index (χ0v) is 10.4. The van der Waals surface area contributed by atoms with Crippen molar-refractivity contribution in [1.82, 2.24) is 0 Å². The van der Waals surface area contributed by atoms with Crippen molar-refractivity contribution in [1.29, 1.82) is 0 Å². The first-order valence-corrected chi connectivity index (χ1v) is 5.54. The van der Waals surface area contributed by atoms with Gasteiger partial charge in [0, 0.05) is 11.9 Å². The highest BCUT2D eigenvalue weighted by Gasteiger charge is 2.11. The van der Waals surface area contributed by atoms with E-state index in [1.807, 2.05) is 13.0 Å². The molecule has 0 unspecified atom stereocenters. The number of nitrogens with zero attached hydrogens (tertiary/aromatic N) is 1. The first kappa shape index (κ1) is 12.2. The van der Waals surface area contributed by atoms with E-state index in [1.54, 1.807) is 12.1 Å². The molecule has 0 aliphatic carbocycles. The smallest absolute Gasteiger partial charge is 0.258 e. The van der Waals surface area contributed by atoms with Gasteiger partial charge < -0.3 is 0 Å². The Morgan fingerprint density at radius 3 is 2.87 bits per heavy atom. The second kappa shape index (κ2) is 5.28. The van der Waals surface area contributed by atoms with Crippen LogP contribution in [0.1, 0.15) is 12.5 Å². The summed E-state index contributed by atoms with van der Waals surface area (Å²) in [6.45, 7) is 1.88. The van der Waals surface area contributed by atoms with Gasteiger partial charge in [-0.3, -0.25) is 10.1 Å². The van der Waals surface area contributed by atoms with Gasteiger partial charge in [-0.25, -0.2) is 0 Å². The van der Waals surface area contributed by atoms with Crippen molar-refractivity contribution in [2.75, 3.05) is 5.88 Å². The summed E-state index contributed by atoms with van der Waals surface area (Å²) in [6.07, 6.45) is 1.83. The van der Waals surface area contributed by atoms with Gasteiger partial charge in [0.1, 0.15) is 0 Å². The molecule has 0 saturated heterocycles. The number of rotatable bonds is 3. The predicted molar refractivity (Wildman–Crippen MR) is 65.2 cm³/mol. The molecule has 1 rings (SSSR count). The zero-order chi connectivity index (χ0) is 11.4. The van der Waals surface area contributed by atoms with Crippen LogP contribution in [0.3, 0.4) is 0 Å². The van der Waals surface area contributed by atoms with E-state index >= 15 is 0 Å². The molecule has 0 bridgehead atoms. The van der Waals surface area contributed by atoms with Gasteiger partial charge in [0.25, 0.3) is 5.69 Å². The summed E-state index contributed by atoms with van der Waals surface area (Å²) >= 11 is 8.75. The van der Waals surface area contributed by atoms with Crippen molar-refractivity contribution in [3.05, 3.63) is 43.9 Å². The van der Waals surface area contributed by atoms with Crippen molar-refractivity contribution in [3.63, 3.8) is 0 Å². The first-order chi connectivity index (χ1) is 7.04. The summed E-state index contributed by atoms with van der Waals surface area (Å²) in [5.74, 6) is 0.420. The van der Waals surface area contributed by atoms with E-state index in [1.165, 1.54) is 6.07 Å². The van der Waals surface area contributed by atoms with Crippen LogP contribution < -0.4 is 0 Å². The van der Waals surface area contributed by atoms with Crippen molar-refractivity contribution in [2.45, 2.75) is 6.92 Å². The molecule has 0 aliphatic rings. The average Bonchev–Trinajstić information content (AvgIpc) is 2.20. The van der Waals surface area contributed by atoms with Crippen molar-refractivity contribution < 1.29 is 4.92 Å². The normalized spacial score (nSPS) is 11.5. The lowest BCUT2D eigenvalue weighted by Crippen LogP contribution is -1.90. The fraction of sp³-hybridized carbons (Fsp3) is 0.200. The summed E-state index contributed by atoms with van der Waals surface area (Å²) in [4.78, 5) is 10.2. The lowest BCUT2D eigenvalue weighted by Gasteiger charge is -1.99. The molecule has 0 amide bonds. The monoisotopic (exact) mass is 289 g/mol. The maximum absolute atomic E-state index is 10.7. The van der Waals surface area contributed by atoms with Crippen LogP contribution in [-0.2, 0) is 0 Å². The van der Waals surface area contributed by atoms with Gasteiger partial charge in [0.15, 0.2) is 0 Å². The predicted octanol–water partition coefficient (Wildman–Crippen LogP) is 4.00. The Bertz CT molecular complexity index is 418. The van der Waals surface area contributed by atoms with Crippen molar-refractivity contribution >= 4 is 39.3 Å². The third-order valence-corrected chi connectivity index (χ3v) is 2.88. The number of benzene rings is 1. The van der Waals surface area contributed by atoms with Gasteiger partial charge in [-0.05, 0) is 34.5 Å². The molecule has 3 nitrogen and oxygen atoms in total. The van der Waals surface area contributed by atoms with E-state index in [0.29, 0.717) is 10.4 Å². The summed E-state index contributed by atoms with van der Waals surface area (Å²) in [5, 5.41) is 10.7. The van der Waals surface area contributed by atoms with E-state index in [0.717, 1.165) is 11.1 Å². The molecule has 0 aliphatic heterocycles. The van der Waals surface area contributed by atoms with Crippen LogP contribution in [0, 0.1) is 10.1 Å². The minimum atomic E-state index is -0.419. The van der Waals surface area contributed by atoms with Crippen molar-refractivity contribution in [2.24, 2.45) is 0 Å². The van der Waals surface area contributed by atoms with Crippen LogP contribution in [0.25, 0.3) is 6.08 Å². The molecule has 1 aromatic carbocycles. The summed E-state index contributed by atoms with van der Waals surface area (Å²) in [5.41, 5.74) is 1.81. The number of hydrogen-bond acceptors (Lipinski definition) is 2. The van der Waals surface area contributed by atoms with E-state index in [9.17, 15) is 10.1 Å². The van der Waals surface area contributed by atoms with Gasteiger partial charge in [0.2, 0.25) is 0 Å². The number of hydrogen-bond donors (Lipinski definition) is 0. The molecular weight excluding hydrogens is 281 g/mol. The van der Waals surface area contributed by atoms with Gasteiger partial charge in [-0.15, -0.1) is 11.6 Å². The lowest BCUT2D eigenvalue weighted by molar-refractivity contribution is -0.385. The molecule has 0 N–H and O–H groups in total. The Morgan fingerprint density at radius 1 is 1.67 bits per heavy atom. The van der Waals surface area contributed by atoms with E-state index in [-0.39, 0.29) is 5.69 Å². The van der Waals surface area contributed by atoms with Crippen LogP contribution in [0.15, 0.2) is 28.2 Å². The fourth-order valence-corrected chi connectivity index (χ4v) is 1.55. The minimum absolute atomic E-state index is 0.0612. The lowest BCUT2D eigenvalue weighted by atomic mass is 10.1. The highest BCUT2D eigenvalue weighted by atomic mass is 79.9. The van der Waals surface area contributed by atoms with Gasteiger partial charge in [0.05, 0.1) is 9.40 Å². The Morgan fingerprint density at radius 2 is 2.33 bits per heavy atom. The molecule has 0 aromatic heterocycles.